The van der Waals surface area contributed by atoms with Gasteiger partial charge < -0.3 is 0 Å². The van der Waals surface area contributed by atoms with Crippen LogP contribution in [0.5, 0.6) is 0 Å². The molecule has 1 fully saturated rings. The molecule has 0 heterocycles. The molecule has 1 saturated carbocycles. The van der Waals surface area contributed by atoms with Crippen LogP contribution in [0.4, 0.5) is 13.2 Å². The summed E-state index contributed by atoms with van der Waals surface area (Å²) in [5.74, 6) is -1.81. The second-order valence-corrected chi connectivity index (χ2v) is 7.12. The van der Waals surface area contributed by atoms with Gasteiger partial charge in [-0.2, -0.15) is 0 Å². The Kier molecular flexibility index (Phi) is 6.98. The molecule has 0 amide bonds. The highest BCUT2D eigenvalue weighted by Gasteiger charge is 2.27. The third-order valence-electron chi connectivity index (χ3n) is 5.42. The maximum Gasteiger partial charge on any atom is 0.164 e. The van der Waals surface area contributed by atoms with Crippen LogP contribution in [0.1, 0.15) is 88.2 Å². The van der Waals surface area contributed by atoms with Gasteiger partial charge in [-0.15, -0.1) is 0 Å². The summed E-state index contributed by atoms with van der Waals surface area (Å²) in [7, 11) is 0. The summed E-state index contributed by atoms with van der Waals surface area (Å²) in [6.45, 7) is 3.50. The minimum absolute atomic E-state index is 0.0315. The van der Waals surface area contributed by atoms with E-state index in [0.717, 1.165) is 25.7 Å². The largest absolute Gasteiger partial charge is 0.207 e. The van der Waals surface area contributed by atoms with E-state index < -0.39 is 17.5 Å². The molecule has 130 valence electrons. The second kappa shape index (κ2) is 8.75. The maximum absolute atomic E-state index is 14.1. The minimum Gasteiger partial charge on any atom is -0.207 e. The zero-order chi connectivity index (χ0) is 16.8. The van der Waals surface area contributed by atoms with Crippen LogP contribution >= 0.6 is 0 Å². The van der Waals surface area contributed by atoms with Crippen LogP contribution in [0.2, 0.25) is 0 Å². The van der Waals surface area contributed by atoms with Crippen LogP contribution in [0.15, 0.2) is 6.07 Å². The average Bonchev–Trinajstić information content (AvgIpc) is 2.57. The van der Waals surface area contributed by atoms with Gasteiger partial charge in [-0.1, -0.05) is 45.4 Å². The third kappa shape index (κ3) is 4.74. The summed E-state index contributed by atoms with van der Waals surface area (Å²) in [6.07, 6.45) is 11.5. The van der Waals surface area contributed by atoms with Gasteiger partial charge in [-0.05, 0) is 56.1 Å². The molecule has 1 aliphatic carbocycles. The second-order valence-electron chi connectivity index (χ2n) is 7.12. The van der Waals surface area contributed by atoms with Crippen molar-refractivity contribution in [3.63, 3.8) is 0 Å². The van der Waals surface area contributed by atoms with Gasteiger partial charge in [0.05, 0.1) is 0 Å². The molecule has 0 saturated heterocycles. The number of hydrogen-bond donors (Lipinski definition) is 0. The summed E-state index contributed by atoms with van der Waals surface area (Å²) >= 11 is 0. The zero-order valence-corrected chi connectivity index (χ0v) is 14.4. The molecule has 1 aromatic rings. The van der Waals surface area contributed by atoms with Gasteiger partial charge in [-0.25, -0.2) is 13.2 Å². The molecule has 1 aromatic carbocycles. The predicted molar refractivity (Wildman–Crippen MR) is 89.1 cm³/mol. The zero-order valence-electron chi connectivity index (χ0n) is 14.4. The molecule has 23 heavy (non-hydrogen) atoms. The van der Waals surface area contributed by atoms with Crippen molar-refractivity contribution in [3.05, 3.63) is 34.6 Å². The number of rotatable bonds is 7. The van der Waals surface area contributed by atoms with Gasteiger partial charge in [0.2, 0.25) is 0 Å². The molecular weight excluding hydrogens is 297 g/mol. The molecule has 0 N–H and O–H groups in total. The molecule has 0 nitrogen and oxygen atoms in total. The van der Waals surface area contributed by atoms with Crippen molar-refractivity contribution >= 4 is 0 Å². The fourth-order valence-electron chi connectivity index (χ4n) is 3.80. The van der Waals surface area contributed by atoms with Gasteiger partial charge >= 0.3 is 0 Å². The van der Waals surface area contributed by atoms with Gasteiger partial charge in [0.25, 0.3) is 0 Å². The normalized spacial score (nSPS) is 21.6. The van der Waals surface area contributed by atoms with Crippen LogP contribution in [-0.4, -0.2) is 0 Å². The summed E-state index contributed by atoms with van der Waals surface area (Å²) in [4.78, 5) is 0. The first kappa shape index (κ1) is 18.4. The molecule has 1 aliphatic rings. The number of hydrogen-bond acceptors (Lipinski definition) is 0. The van der Waals surface area contributed by atoms with E-state index in [0.29, 0.717) is 5.92 Å². The van der Waals surface area contributed by atoms with Crippen LogP contribution in [0, 0.1) is 30.3 Å². The fraction of sp³-hybridized carbons (Fsp3) is 0.700. The summed E-state index contributed by atoms with van der Waals surface area (Å²) in [5.41, 5.74) is 0.0269. The van der Waals surface area contributed by atoms with Crippen LogP contribution in [0.3, 0.4) is 0 Å². The SMILES string of the molecule is CCCCCCCC1CCC(c2cc(F)c(C)c(F)c2F)CC1. The summed E-state index contributed by atoms with van der Waals surface area (Å²) < 4.78 is 41.6. The molecule has 0 aromatic heterocycles. The molecule has 0 bridgehead atoms. The molecule has 3 heteroatoms. The fourth-order valence-corrected chi connectivity index (χ4v) is 3.80. The van der Waals surface area contributed by atoms with E-state index in [1.807, 2.05) is 0 Å². The highest BCUT2D eigenvalue weighted by molar-refractivity contribution is 5.30. The van der Waals surface area contributed by atoms with Crippen molar-refractivity contribution < 1.29 is 13.2 Å². The average molecular weight is 326 g/mol. The van der Waals surface area contributed by atoms with Gasteiger partial charge in [0, 0.05) is 5.56 Å². The molecule has 0 aliphatic heterocycles. The van der Waals surface area contributed by atoms with Crippen molar-refractivity contribution in [2.75, 3.05) is 0 Å². The lowest BCUT2D eigenvalue weighted by Gasteiger charge is -2.29. The molecule has 0 radical (unpaired) electrons. The standard InChI is InChI=1S/C20H29F3/c1-3-4-5-6-7-8-15-9-11-16(12-10-15)17-13-18(21)14(2)19(22)20(17)23/h13,15-16H,3-12H2,1-2H3. The monoisotopic (exact) mass is 326 g/mol. The molecule has 0 spiro atoms. The topological polar surface area (TPSA) is 0 Å². The quantitative estimate of drug-likeness (QED) is 0.372. The lowest BCUT2D eigenvalue weighted by Crippen LogP contribution is -2.15. The molecular formula is C20H29F3. The highest BCUT2D eigenvalue weighted by atomic mass is 19.2. The molecule has 0 atom stereocenters. The van der Waals surface area contributed by atoms with E-state index in [1.165, 1.54) is 51.5 Å². The highest BCUT2D eigenvalue weighted by Crippen LogP contribution is 2.39. The molecule has 2 rings (SSSR count). The first-order valence-corrected chi connectivity index (χ1v) is 9.18. The Morgan fingerprint density at radius 1 is 0.913 bits per heavy atom. The smallest absolute Gasteiger partial charge is 0.164 e. The van der Waals surface area contributed by atoms with Crippen molar-refractivity contribution in [1.82, 2.24) is 0 Å². The Hall–Kier alpha value is -0.990. The van der Waals surface area contributed by atoms with E-state index in [-0.39, 0.29) is 17.0 Å². The van der Waals surface area contributed by atoms with Crippen LogP contribution in [-0.2, 0) is 0 Å². The van der Waals surface area contributed by atoms with Gasteiger partial charge in [0.1, 0.15) is 5.82 Å². The first-order valence-electron chi connectivity index (χ1n) is 9.18. The minimum atomic E-state index is -1.02. The Morgan fingerprint density at radius 2 is 1.57 bits per heavy atom. The Labute approximate surface area is 138 Å². The Balaban J connectivity index is 1.85. The van der Waals surface area contributed by atoms with E-state index in [1.54, 1.807) is 0 Å². The van der Waals surface area contributed by atoms with Crippen molar-refractivity contribution in [2.45, 2.75) is 84.0 Å². The van der Waals surface area contributed by atoms with Crippen LogP contribution in [0.25, 0.3) is 0 Å². The van der Waals surface area contributed by atoms with Crippen molar-refractivity contribution in [1.29, 1.82) is 0 Å². The lowest BCUT2D eigenvalue weighted by molar-refractivity contribution is 0.296. The van der Waals surface area contributed by atoms with E-state index >= 15 is 0 Å². The summed E-state index contributed by atoms with van der Waals surface area (Å²) in [6, 6.07) is 1.21. The van der Waals surface area contributed by atoms with Crippen molar-refractivity contribution in [2.24, 2.45) is 5.92 Å². The van der Waals surface area contributed by atoms with Crippen LogP contribution < -0.4 is 0 Å². The van der Waals surface area contributed by atoms with E-state index in [4.69, 9.17) is 0 Å². The van der Waals surface area contributed by atoms with Gasteiger partial charge in [0.15, 0.2) is 11.6 Å². The number of benzene rings is 1. The number of halogens is 3. The summed E-state index contributed by atoms with van der Waals surface area (Å²) in [5, 5.41) is 0. The van der Waals surface area contributed by atoms with Crippen molar-refractivity contribution in [3.8, 4) is 0 Å². The Bertz CT molecular complexity index is 502. The third-order valence-corrected chi connectivity index (χ3v) is 5.42. The lowest BCUT2D eigenvalue weighted by atomic mass is 9.76. The van der Waals surface area contributed by atoms with E-state index in [9.17, 15) is 13.2 Å². The molecule has 0 unspecified atom stereocenters. The van der Waals surface area contributed by atoms with E-state index in [2.05, 4.69) is 6.92 Å². The first-order chi connectivity index (χ1) is 11.0. The maximum atomic E-state index is 14.1. The Morgan fingerprint density at radius 3 is 2.22 bits per heavy atom. The van der Waals surface area contributed by atoms with Gasteiger partial charge in [-0.3, -0.25) is 0 Å². The number of unbranched alkanes of at least 4 members (excludes halogenated alkanes) is 4. The predicted octanol–water partition coefficient (Wildman–Crippen LogP) is 7.05.